The first-order chi connectivity index (χ1) is 16.9. The molecule has 182 valence electrons. The molecule has 3 atom stereocenters. The number of aromatic nitrogens is 5. The fourth-order valence-corrected chi connectivity index (χ4v) is 5.49. The fourth-order valence-electron chi connectivity index (χ4n) is 5.49. The minimum Gasteiger partial charge on any atom is -0.371 e. The van der Waals surface area contributed by atoms with E-state index in [1.165, 1.54) is 19.5 Å². The van der Waals surface area contributed by atoms with Crippen LogP contribution in [0.15, 0.2) is 41.3 Å². The summed E-state index contributed by atoms with van der Waals surface area (Å²) in [5, 5.41) is 9.60. The molecule has 4 heterocycles. The second kappa shape index (κ2) is 8.53. The Morgan fingerprint density at radius 1 is 1.06 bits per heavy atom. The van der Waals surface area contributed by atoms with E-state index in [1.807, 2.05) is 38.2 Å². The summed E-state index contributed by atoms with van der Waals surface area (Å²) < 4.78 is 9.45. The zero-order valence-corrected chi connectivity index (χ0v) is 20.8. The second-order valence-electron chi connectivity index (χ2n) is 10.4. The molecular weight excluding hydrogens is 440 g/mol. The third-order valence-corrected chi connectivity index (χ3v) is 7.65. The highest BCUT2D eigenvalue weighted by molar-refractivity contribution is 6.02. The van der Waals surface area contributed by atoms with Crippen molar-refractivity contribution in [3.8, 4) is 11.1 Å². The number of benzene rings is 1. The Morgan fingerprint density at radius 3 is 2.54 bits per heavy atom. The van der Waals surface area contributed by atoms with Gasteiger partial charge in [-0.05, 0) is 62.8 Å². The molecule has 1 aliphatic carbocycles. The number of aryl methyl sites for hydroxylation is 1. The van der Waals surface area contributed by atoms with Crippen molar-refractivity contribution >= 4 is 22.1 Å². The molecule has 3 aromatic heterocycles. The van der Waals surface area contributed by atoms with Crippen LogP contribution in [0.3, 0.4) is 0 Å². The van der Waals surface area contributed by atoms with Crippen LogP contribution in [0.25, 0.3) is 33.2 Å². The molecule has 1 aromatic carbocycles. The normalized spacial score (nSPS) is 20.7. The second-order valence-corrected chi connectivity index (χ2v) is 10.4. The summed E-state index contributed by atoms with van der Waals surface area (Å²) in [6.07, 6.45) is 3.29. The number of pyridine rings is 1. The monoisotopic (exact) mass is 472 g/mol. The predicted octanol–water partition coefficient (Wildman–Crippen LogP) is 3.96. The lowest BCUT2D eigenvalue weighted by molar-refractivity contribution is 0.0474. The van der Waals surface area contributed by atoms with Crippen molar-refractivity contribution in [1.29, 1.82) is 0 Å². The summed E-state index contributed by atoms with van der Waals surface area (Å²) in [5.74, 6) is 1.92. The van der Waals surface area contributed by atoms with Gasteiger partial charge in [0.25, 0.3) is 0 Å². The molecule has 1 saturated heterocycles. The SMILES string of the molecule is CC(C)n1c(=O)n(C)c2nnc3ccc(-c4ccc([C@H](C)OCCN5CC6CC6C5)nc4)cc3c21. The first kappa shape index (κ1) is 22.4. The molecule has 0 radical (unpaired) electrons. The Morgan fingerprint density at radius 2 is 1.83 bits per heavy atom. The number of rotatable bonds is 7. The van der Waals surface area contributed by atoms with E-state index in [0.717, 1.165) is 58.2 Å². The molecular formula is C27H32N6O2. The lowest BCUT2D eigenvalue weighted by atomic mass is 10.0. The topological polar surface area (TPSA) is 78.1 Å². The number of piperidine rings is 1. The molecule has 0 bridgehead atoms. The molecule has 8 nitrogen and oxygen atoms in total. The molecule has 2 unspecified atom stereocenters. The van der Waals surface area contributed by atoms with Gasteiger partial charge in [-0.2, -0.15) is 0 Å². The third kappa shape index (κ3) is 3.94. The van der Waals surface area contributed by atoms with Crippen molar-refractivity contribution in [3.63, 3.8) is 0 Å². The van der Waals surface area contributed by atoms with Gasteiger partial charge in [0.15, 0.2) is 5.65 Å². The molecule has 6 rings (SSSR count). The zero-order valence-electron chi connectivity index (χ0n) is 20.8. The summed E-state index contributed by atoms with van der Waals surface area (Å²) in [4.78, 5) is 20.1. The van der Waals surface area contributed by atoms with Gasteiger partial charge in [0.05, 0.1) is 23.9 Å². The van der Waals surface area contributed by atoms with Crippen LogP contribution in [-0.4, -0.2) is 55.5 Å². The van der Waals surface area contributed by atoms with Crippen molar-refractivity contribution in [3.05, 3.63) is 52.7 Å². The van der Waals surface area contributed by atoms with E-state index < -0.39 is 0 Å². The van der Waals surface area contributed by atoms with Crippen LogP contribution in [-0.2, 0) is 11.8 Å². The van der Waals surface area contributed by atoms with E-state index in [0.29, 0.717) is 5.65 Å². The van der Waals surface area contributed by atoms with Crippen LogP contribution in [0.5, 0.6) is 0 Å². The number of hydrogen-bond acceptors (Lipinski definition) is 6. The first-order valence-corrected chi connectivity index (χ1v) is 12.6. The standard InChI is InChI=1S/C27H32N6O2/c1-16(2)33-25-22-12-18(5-8-24(22)29-30-26(25)31(4)27(33)34)19-6-7-23(28-13-19)17(3)35-10-9-32-14-20-11-21(20)15-32/h5-8,12-13,16-17,20-21H,9-11,14-15H2,1-4H3/t17-,20?,21?/m0/s1. The fraction of sp³-hybridized carbons (Fsp3) is 0.481. The maximum atomic E-state index is 12.8. The molecule has 0 N–H and O–H groups in total. The highest BCUT2D eigenvalue weighted by Gasteiger charge is 2.44. The van der Waals surface area contributed by atoms with Crippen LogP contribution in [0.2, 0.25) is 0 Å². The minimum absolute atomic E-state index is 0.0147. The van der Waals surface area contributed by atoms with Gasteiger partial charge in [0.2, 0.25) is 0 Å². The van der Waals surface area contributed by atoms with Gasteiger partial charge in [0.1, 0.15) is 5.52 Å². The number of hydrogen-bond donors (Lipinski definition) is 0. The van der Waals surface area contributed by atoms with Gasteiger partial charge in [-0.1, -0.05) is 12.1 Å². The summed E-state index contributed by atoms with van der Waals surface area (Å²) in [5.41, 5.74) is 5.08. The van der Waals surface area contributed by atoms with E-state index in [2.05, 4.69) is 34.2 Å². The predicted molar refractivity (Wildman–Crippen MR) is 136 cm³/mol. The largest absolute Gasteiger partial charge is 0.371 e. The van der Waals surface area contributed by atoms with Crippen LogP contribution in [0.1, 0.15) is 45.0 Å². The Hall–Kier alpha value is -3.10. The molecule has 1 saturated carbocycles. The number of nitrogens with zero attached hydrogens (tertiary/aromatic N) is 6. The van der Waals surface area contributed by atoms with Gasteiger partial charge in [0, 0.05) is 49.9 Å². The third-order valence-electron chi connectivity index (χ3n) is 7.65. The van der Waals surface area contributed by atoms with E-state index in [1.54, 1.807) is 16.2 Å². The molecule has 4 aromatic rings. The Labute approximate surface area is 204 Å². The Kier molecular flexibility index (Phi) is 5.45. The summed E-state index contributed by atoms with van der Waals surface area (Å²) in [6.45, 7) is 10.3. The highest BCUT2D eigenvalue weighted by atomic mass is 16.5. The maximum absolute atomic E-state index is 12.8. The highest BCUT2D eigenvalue weighted by Crippen LogP contribution is 2.44. The molecule has 0 spiro atoms. The van der Waals surface area contributed by atoms with Gasteiger partial charge < -0.3 is 9.64 Å². The van der Waals surface area contributed by atoms with Crippen LogP contribution >= 0.6 is 0 Å². The van der Waals surface area contributed by atoms with Crippen molar-refractivity contribution in [1.82, 2.24) is 29.2 Å². The summed E-state index contributed by atoms with van der Waals surface area (Å²) >= 11 is 0. The molecule has 0 amide bonds. The van der Waals surface area contributed by atoms with Crippen LogP contribution in [0.4, 0.5) is 0 Å². The maximum Gasteiger partial charge on any atom is 0.330 e. The van der Waals surface area contributed by atoms with E-state index in [-0.39, 0.29) is 17.8 Å². The van der Waals surface area contributed by atoms with Crippen molar-refractivity contribution < 1.29 is 4.74 Å². The van der Waals surface area contributed by atoms with E-state index in [9.17, 15) is 4.79 Å². The average molecular weight is 473 g/mol. The molecule has 1 aliphatic heterocycles. The Bertz CT molecular complexity index is 1440. The summed E-state index contributed by atoms with van der Waals surface area (Å²) in [6, 6.07) is 10.2. The molecule has 35 heavy (non-hydrogen) atoms. The smallest absolute Gasteiger partial charge is 0.330 e. The van der Waals surface area contributed by atoms with Crippen LogP contribution in [0, 0.1) is 11.8 Å². The van der Waals surface area contributed by atoms with Crippen molar-refractivity contribution in [2.45, 2.75) is 39.3 Å². The molecule has 2 fully saturated rings. The van der Waals surface area contributed by atoms with Gasteiger partial charge in [-0.15, -0.1) is 10.2 Å². The lowest BCUT2D eigenvalue weighted by Gasteiger charge is -2.19. The number of likely N-dealkylation sites (tertiary alicyclic amines) is 1. The van der Waals surface area contributed by atoms with Gasteiger partial charge in [-0.3, -0.25) is 14.1 Å². The lowest BCUT2D eigenvalue weighted by Crippen LogP contribution is -2.27. The van der Waals surface area contributed by atoms with Crippen molar-refractivity contribution in [2.75, 3.05) is 26.2 Å². The summed E-state index contributed by atoms with van der Waals surface area (Å²) in [7, 11) is 1.74. The average Bonchev–Trinajstić information content (AvgIpc) is 3.38. The van der Waals surface area contributed by atoms with E-state index in [4.69, 9.17) is 9.72 Å². The van der Waals surface area contributed by atoms with Crippen molar-refractivity contribution in [2.24, 2.45) is 18.9 Å². The zero-order chi connectivity index (χ0) is 24.3. The van der Waals surface area contributed by atoms with Gasteiger partial charge >= 0.3 is 5.69 Å². The van der Waals surface area contributed by atoms with E-state index >= 15 is 0 Å². The van der Waals surface area contributed by atoms with Crippen LogP contribution < -0.4 is 5.69 Å². The molecule has 8 heteroatoms. The molecule has 2 aliphatic rings. The quantitative estimate of drug-likeness (QED) is 0.405. The number of fused-ring (bicyclic) bond motifs is 4. The Balaban J connectivity index is 1.24. The minimum atomic E-state index is -0.0799. The number of ether oxygens (including phenoxy) is 1. The van der Waals surface area contributed by atoms with Gasteiger partial charge in [-0.25, -0.2) is 4.79 Å². The first-order valence-electron chi connectivity index (χ1n) is 12.6. The number of imidazole rings is 1.